The molecule has 3 atom stereocenters. The number of amides is 1. The van der Waals surface area contributed by atoms with Crippen molar-refractivity contribution in [1.29, 1.82) is 0 Å². The van der Waals surface area contributed by atoms with Crippen LogP contribution in [0.3, 0.4) is 0 Å². The minimum Gasteiger partial charge on any atom is -0.368 e. The van der Waals surface area contributed by atoms with E-state index >= 15 is 0 Å². The van der Waals surface area contributed by atoms with Crippen molar-refractivity contribution >= 4 is 5.91 Å². The van der Waals surface area contributed by atoms with Gasteiger partial charge in [-0.1, -0.05) is 20.3 Å². The second kappa shape index (κ2) is 5.83. The fourth-order valence-electron chi connectivity index (χ4n) is 2.74. The lowest BCUT2D eigenvalue weighted by molar-refractivity contribution is -0.124. The molecule has 0 bridgehead atoms. The number of nitrogens with zero attached hydrogens (tertiary/aromatic N) is 1. The monoisotopic (exact) mass is 241 g/mol. The highest BCUT2D eigenvalue weighted by molar-refractivity contribution is 5.85. The first-order valence-electron chi connectivity index (χ1n) is 6.64. The molecular weight excluding hydrogens is 214 g/mol. The first-order chi connectivity index (χ1) is 7.95. The maximum atomic E-state index is 11.5. The Morgan fingerprint density at radius 3 is 2.71 bits per heavy atom. The molecule has 1 aliphatic carbocycles. The number of likely N-dealkylation sites (N-methyl/N-ethyl adjacent to an activating group) is 1. The summed E-state index contributed by atoms with van der Waals surface area (Å²) in [5.41, 5.74) is 5.04. The van der Waals surface area contributed by atoms with E-state index in [0.717, 1.165) is 25.8 Å². The molecule has 1 aliphatic rings. The third-order valence-electron chi connectivity index (χ3n) is 4.36. The summed E-state index contributed by atoms with van der Waals surface area (Å²) in [5, 5.41) is 3.13. The smallest absolute Gasteiger partial charge is 0.237 e. The van der Waals surface area contributed by atoms with E-state index in [-0.39, 0.29) is 5.91 Å². The number of hydrogen-bond acceptors (Lipinski definition) is 3. The molecule has 4 heteroatoms. The van der Waals surface area contributed by atoms with E-state index < -0.39 is 5.54 Å². The number of carbonyl (C=O) groups excluding carboxylic acids is 1. The summed E-state index contributed by atoms with van der Waals surface area (Å²) in [6.45, 7) is 5.58. The molecule has 0 aromatic carbocycles. The van der Waals surface area contributed by atoms with Crippen LogP contribution in [0.5, 0.6) is 0 Å². The summed E-state index contributed by atoms with van der Waals surface area (Å²) in [7, 11) is 3.99. The van der Waals surface area contributed by atoms with Gasteiger partial charge in [0.1, 0.15) is 0 Å². The second-order valence-corrected chi connectivity index (χ2v) is 5.55. The van der Waals surface area contributed by atoms with Crippen molar-refractivity contribution < 1.29 is 4.79 Å². The average Bonchev–Trinajstić information content (AvgIpc) is 2.74. The molecule has 0 aliphatic heterocycles. The zero-order chi connectivity index (χ0) is 13.1. The molecule has 1 fully saturated rings. The second-order valence-electron chi connectivity index (χ2n) is 5.55. The minimum absolute atomic E-state index is 0.209. The van der Waals surface area contributed by atoms with Gasteiger partial charge in [-0.25, -0.2) is 0 Å². The molecule has 1 saturated carbocycles. The highest BCUT2D eigenvalue weighted by Crippen LogP contribution is 2.32. The molecule has 1 amide bonds. The molecule has 3 unspecified atom stereocenters. The van der Waals surface area contributed by atoms with Crippen LogP contribution >= 0.6 is 0 Å². The molecular formula is C13H27N3O. The van der Waals surface area contributed by atoms with Crippen molar-refractivity contribution in [2.45, 2.75) is 51.1 Å². The number of nitrogens with one attached hydrogen (secondary N) is 1. The Balaban J connectivity index is 2.57. The molecule has 3 N–H and O–H groups in total. The van der Waals surface area contributed by atoms with Crippen LogP contribution < -0.4 is 11.1 Å². The normalized spacial score (nSPS) is 30.8. The summed E-state index contributed by atoms with van der Waals surface area (Å²) in [4.78, 5) is 13.9. The predicted molar refractivity (Wildman–Crippen MR) is 70.7 cm³/mol. The molecule has 0 spiro atoms. The van der Waals surface area contributed by atoms with Gasteiger partial charge in [0, 0.05) is 12.6 Å². The predicted octanol–water partition coefficient (Wildman–Crippen LogP) is 0.960. The Kier molecular flexibility index (Phi) is 4.95. The van der Waals surface area contributed by atoms with Crippen LogP contribution in [-0.4, -0.2) is 43.0 Å². The fourth-order valence-corrected chi connectivity index (χ4v) is 2.74. The number of primary amides is 1. The summed E-state index contributed by atoms with van der Waals surface area (Å²) < 4.78 is 0. The fraction of sp³-hybridized carbons (Fsp3) is 0.923. The summed E-state index contributed by atoms with van der Waals surface area (Å²) in [5.74, 6) is 0.498. The van der Waals surface area contributed by atoms with Crippen molar-refractivity contribution in [3.63, 3.8) is 0 Å². The molecule has 0 saturated heterocycles. The van der Waals surface area contributed by atoms with Gasteiger partial charge in [-0.3, -0.25) is 4.79 Å². The Morgan fingerprint density at radius 1 is 1.65 bits per heavy atom. The Morgan fingerprint density at radius 2 is 2.29 bits per heavy atom. The number of rotatable bonds is 6. The van der Waals surface area contributed by atoms with E-state index in [2.05, 4.69) is 31.1 Å². The maximum Gasteiger partial charge on any atom is 0.237 e. The third kappa shape index (κ3) is 3.19. The zero-order valence-electron chi connectivity index (χ0n) is 11.6. The van der Waals surface area contributed by atoms with Crippen LogP contribution in [0.2, 0.25) is 0 Å². The summed E-state index contributed by atoms with van der Waals surface area (Å²) in [6.07, 6.45) is 3.95. The molecule has 0 heterocycles. The number of carbonyl (C=O) groups is 1. The molecule has 17 heavy (non-hydrogen) atoms. The molecule has 100 valence electrons. The van der Waals surface area contributed by atoms with Gasteiger partial charge in [-0.2, -0.15) is 0 Å². The van der Waals surface area contributed by atoms with Crippen molar-refractivity contribution in [2.24, 2.45) is 11.7 Å². The minimum atomic E-state index is -0.478. The maximum absolute atomic E-state index is 11.5. The Bertz CT molecular complexity index is 269. The topological polar surface area (TPSA) is 58.4 Å². The lowest BCUT2D eigenvalue weighted by Crippen LogP contribution is -2.53. The Labute approximate surface area is 105 Å². The van der Waals surface area contributed by atoms with E-state index in [4.69, 9.17) is 5.73 Å². The van der Waals surface area contributed by atoms with Gasteiger partial charge < -0.3 is 16.0 Å². The van der Waals surface area contributed by atoms with Crippen LogP contribution in [0.25, 0.3) is 0 Å². The van der Waals surface area contributed by atoms with Crippen molar-refractivity contribution in [1.82, 2.24) is 10.2 Å². The summed E-state index contributed by atoms with van der Waals surface area (Å²) >= 11 is 0. The highest BCUT2D eigenvalue weighted by atomic mass is 16.1. The molecule has 0 aromatic rings. The van der Waals surface area contributed by atoms with Gasteiger partial charge in [-0.15, -0.1) is 0 Å². The van der Waals surface area contributed by atoms with Crippen molar-refractivity contribution in [3.05, 3.63) is 0 Å². The molecule has 1 rings (SSSR count). The average molecular weight is 241 g/mol. The van der Waals surface area contributed by atoms with Gasteiger partial charge in [0.05, 0.1) is 5.54 Å². The highest BCUT2D eigenvalue weighted by Gasteiger charge is 2.43. The van der Waals surface area contributed by atoms with Crippen LogP contribution in [0.1, 0.15) is 39.5 Å². The van der Waals surface area contributed by atoms with Crippen LogP contribution in [0.4, 0.5) is 0 Å². The van der Waals surface area contributed by atoms with Crippen molar-refractivity contribution in [3.8, 4) is 0 Å². The zero-order valence-corrected chi connectivity index (χ0v) is 11.6. The standard InChI is InChI=1S/C13H27N3O/c1-5-10(2)9-16(4)11-6-7-13(8-11,15-3)12(14)17/h10-11,15H,5-9H2,1-4H3,(H2,14,17). The lowest BCUT2D eigenvalue weighted by Gasteiger charge is -2.29. The van der Waals surface area contributed by atoms with Crippen molar-refractivity contribution in [2.75, 3.05) is 20.6 Å². The first kappa shape index (κ1) is 14.5. The van der Waals surface area contributed by atoms with Gasteiger partial charge in [-0.05, 0) is 39.3 Å². The third-order valence-corrected chi connectivity index (χ3v) is 4.36. The van der Waals surface area contributed by atoms with Gasteiger partial charge >= 0.3 is 0 Å². The Hall–Kier alpha value is -0.610. The van der Waals surface area contributed by atoms with Crippen LogP contribution in [-0.2, 0) is 4.79 Å². The largest absolute Gasteiger partial charge is 0.368 e. The number of nitrogens with two attached hydrogens (primary N) is 1. The van der Waals surface area contributed by atoms with E-state index in [9.17, 15) is 4.79 Å². The lowest BCUT2D eigenvalue weighted by atomic mass is 9.96. The van der Waals surface area contributed by atoms with E-state index in [1.165, 1.54) is 6.42 Å². The van der Waals surface area contributed by atoms with E-state index in [1.54, 1.807) is 0 Å². The SMILES string of the molecule is CCC(C)CN(C)C1CCC(NC)(C(N)=O)C1. The van der Waals surface area contributed by atoms with E-state index in [0.29, 0.717) is 12.0 Å². The quantitative estimate of drug-likeness (QED) is 0.728. The number of hydrogen-bond donors (Lipinski definition) is 2. The van der Waals surface area contributed by atoms with Gasteiger partial charge in [0.15, 0.2) is 0 Å². The van der Waals surface area contributed by atoms with E-state index in [1.807, 2.05) is 7.05 Å². The molecule has 0 radical (unpaired) electrons. The van der Waals surface area contributed by atoms with Gasteiger partial charge in [0.2, 0.25) is 5.91 Å². The summed E-state index contributed by atoms with van der Waals surface area (Å²) in [6, 6.07) is 0.476. The molecule has 4 nitrogen and oxygen atoms in total. The van der Waals surface area contributed by atoms with Crippen LogP contribution in [0, 0.1) is 5.92 Å². The van der Waals surface area contributed by atoms with Gasteiger partial charge in [0.25, 0.3) is 0 Å². The first-order valence-corrected chi connectivity index (χ1v) is 6.64. The van der Waals surface area contributed by atoms with Crippen LogP contribution in [0.15, 0.2) is 0 Å². The molecule has 0 aromatic heterocycles.